The van der Waals surface area contributed by atoms with Crippen LogP contribution in [0.3, 0.4) is 0 Å². The summed E-state index contributed by atoms with van der Waals surface area (Å²) in [5.41, 5.74) is 1.37. The predicted octanol–water partition coefficient (Wildman–Crippen LogP) is 1.69. The Labute approximate surface area is 136 Å². The molecule has 0 bridgehead atoms. The number of aromatic nitrogens is 2. The molecule has 0 aromatic carbocycles. The first-order valence-corrected chi connectivity index (χ1v) is 8.35. The van der Waals surface area contributed by atoms with Gasteiger partial charge in [-0.2, -0.15) is 5.10 Å². The van der Waals surface area contributed by atoms with E-state index in [1.165, 1.54) is 12.8 Å². The van der Waals surface area contributed by atoms with E-state index in [1.807, 2.05) is 11.8 Å². The maximum atomic E-state index is 12.6. The molecule has 6 nitrogen and oxygen atoms in total. The molecule has 2 aliphatic rings. The Morgan fingerprint density at radius 1 is 1.30 bits per heavy atom. The first kappa shape index (κ1) is 16.0. The van der Waals surface area contributed by atoms with Gasteiger partial charge in [-0.25, -0.2) is 0 Å². The van der Waals surface area contributed by atoms with E-state index in [4.69, 9.17) is 4.74 Å². The van der Waals surface area contributed by atoms with Crippen molar-refractivity contribution in [2.75, 3.05) is 20.2 Å². The van der Waals surface area contributed by atoms with Crippen LogP contribution in [0.4, 0.5) is 0 Å². The van der Waals surface area contributed by atoms with Crippen molar-refractivity contribution in [3.05, 3.63) is 17.5 Å². The normalized spacial score (nSPS) is 20.4. The number of esters is 1. The maximum Gasteiger partial charge on any atom is 0.321 e. The molecular formula is C17H25N3O3. The van der Waals surface area contributed by atoms with Crippen molar-refractivity contribution in [3.63, 3.8) is 0 Å². The van der Waals surface area contributed by atoms with E-state index < -0.39 is 5.41 Å². The molecule has 1 saturated carbocycles. The lowest BCUT2D eigenvalue weighted by atomic mass is 9.95. The van der Waals surface area contributed by atoms with Crippen molar-refractivity contribution in [2.24, 2.45) is 11.3 Å². The lowest BCUT2D eigenvalue weighted by Gasteiger charge is -2.34. The van der Waals surface area contributed by atoms with E-state index >= 15 is 0 Å². The molecule has 1 saturated heterocycles. The van der Waals surface area contributed by atoms with E-state index in [-0.39, 0.29) is 11.9 Å². The van der Waals surface area contributed by atoms with Crippen LogP contribution in [0, 0.1) is 25.2 Å². The second kappa shape index (κ2) is 5.98. The van der Waals surface area contributed by atoms with Crippen LogP contribution in [-0.2, 0) is 20.9 Å². The minimum atomic E-state index is -0.864. The van der Waals surface area contributed by atoms with Gasteiger partial charge in [-0.05, 0) is 51.5 Å². The quantitative estimate of drug-likeness (QED) is 0.626. The molecule has 1 aromatic rings. The van der Waals surface area contributed by atoms with Gasteiger partial charge in [0.1, 0.15) is 5.41 Å². The molecule has 0 N–H and O–H groups in total. The Balaban J connectivity index is 1.55. The number of nitrogens with zero attached hydrogens (tertiary/aromatic N) is 3. The van der Waals surface area contributed by atoms with Crippen LogP contribution in [0.5, 0.6) is 0 Å². The van der Waals surface area contributed by atoms with Crippen molar-refractivity contribution >= 4 is 11.9 Å². The summed E-state index contributed by atoms with van der Waals surface area (Å²) in [6, 6.07) is 2.09. The number of carbonyl (C=O) groups excluding carboxylic acids is 2. The number of methoxy groups -OCH3 is 1. The van der Waals surface area contributed by atoms with Gasteiger partial charge in [-0.15, -0.1) is 0 Å². The SMILES string of the molecule is COC(=O)C1(C(=O)N2CCC(Cn3nc(C)cc3C)CC2)CC1. The second-order valence-electron chi connectivity index (χ2n) is 6.92. The number of piperidine rings is 1. The van der Waals surface area contributed by atoms with Gasteiger partial charge in [-0.1, -0.05) is 0 Å². The lowest BCUT2D eigenvalue weighted by Crippen LogP contribution is -2.45. The molecule has 2 fully saturated rings. The van der Waals surface area contributed by atoms with Gasteiger partial charge in [0.05, 0.1) is 12.8 Å². The van der Waals surface area contributed by atoms with Gasteiger partial charge >= 0.3 is 5.97 Å². The highest BCUT2D eigenvalue weighted by atomic mass is 16.5. The summed E-state index contributed by atoms with van der Waals surface area (Å²) in [4.78, 5) is 26.3. The first-order chi connectivity index (χ1) is 11.0. The van der Waals surface area contributed by atoms with Crippen molar-refractivity contribution < 1.29 is 14.3 Å². The van der Waals surface area contributed by atoms with Gasteiger partial charge < -0.3 is 9.64 Å². The zero-order chi connectivity index (χ0) is 16.6. The van der Waals surface area contributed by atoms with Crippen LogP contribution >= 0.6 is 0 Å². The third-order valence-electron chi connectivity index (χ3n) is 5.17. The summed E-state index contributed by atoms with van der Waals surface area (Å²) >= 11 is 0. The first-order valence-electron chi connectivity index (χ1n) is 8.35. The topological polar surface area (TPSA) is 64.4 Å². The van der Waals surface area contributed by atoms with Gasteiger partial charge in [0.15, 0.2) is 0 Å². The number of rotatable bonds is 4. The third kappa shape index (κ3) is 2.99. The van der Waals surface area contributed by atoms with Crippen molar-refractivity contribution in [3.8, 4) is 0 Å². The fraction of sp³-hybridized carbons (Fsp3) is 0.706. The molecule has 0 spiro atoms. The molecule has 6 heteroatoms. The number of hydrogen-bond donors (Lipinski definition) is 0. The summed E-state index contributed by atoms with van der Waals surface area (Å²) in [5.74, 6) is 0.131. The third-order valence-corrected chi connectivity index (χ3v) is 5.17. The van der Waals surface area contributed by atoms with Crippen LogP contribution in [-0.4, -0.2) is 46.8 Å². The molecule has 1 aliphatic heterocycles. The predicted molar refractivity (Wildman–Crippen MR) is 84.7 cm³/mol. The molecule has 23 heavy (non-hydrogen) atoms. The monoisotopic (exact) mass is 319 g/mol. The zero-order valence-corrected chi connectivity index (χ0v) is 14.2. The van der Waals surface area contributed by atoms with Crippen LogP contribution in [0.2, 0.25) is 0 Å². The Bertz CT molecular complexity index is 611. The van der Waals surface area contributed by atoms with Gasteiger partial charge in [0.2, 0.25) is 5.91 Å². The number of hydrogen-bond acceptors (Lipinski definition) is 4. The Morgan fingerprint density at radius 3 is 2.43 bits per heavy atom. The minimum Gasteiger partial charge on any atom is -0.468 e. The molecule has 1 aliphatic carbocycles. The van der Waals surface area contributed by atoms with E-state index in [2.05, 4.69) is 22.8 Å². The molecule has 1 aromatic heterocycles. The number of carbonyl (C=O) groups is 2. The average molecular weight is 319 g/mol. The molecule has 0 atom stereocenters. The maximum absolute atomic E-state index is 12.6. The van der Waals surface area contributed by atoms with Crippen LogP contribution in [0.15, 0.2) is 6.07 Å². The molecule has 2 heterocycles. The highest BCUT2D eigenvalue weighted by molar-refractivity contribution is 6.05. The Kier molecular flexibility index (Phi) is 4.17. The van der Waals surface area contributed by atoms with Crippen molar-refractivity contribution in [1.29, 1.82) is 0 Å². The molecular weight excluding hydrogens is 294 g/mol. The molecule has 3 rings (SSSR count). The number of likely N-dealkylation sites (tertiary alicyclic amines) is 1. The lowest BCUT2D eigenvalue weighted by molar-refractivity contribution is -0.156. The summed E-state index contributed by atoms with van der Waals surface area (Å²) in [6.07, 6.45) is 3.18. The molecule has 126 valence electrons. The summed E-state index contributed by atoms with van der Waals surface area (Å²) in [5, 5.41) is 4.52. The number of ether oxygens (including phenoxy) is 1. The second-order valence-corrected chi connectivity index (χ2v) is 6.92. The molecule has 1 amide bonds. The summed E-state index contributed by atoms with van der Waals surface area (Å²) in [6.45, 7) is 6.44. The fourth-order valence-corrected chi connectivity index (χ4v) is 3.55. The zero-order valence-electron chi connectivity index (χ0n) is 14.2. The number of aryl methyl sites for hydroxylation is 2. The highest BCUT2D eigenvalue weighted by Crippen LogP contribution is 2.48. The van der Waals surface area contributed by atoms with Crippen LogP contribution in [0.25, 0.3) is 0 Å². The summed E-state index contributed by atoms with van der Waals surface area (Å²) < 4.78 is 6.87. The van der Waals surface area contributed by atoms with Gasteiger partial charge in [0, 0.05) is 25.3 Å². The number of amides is 1. The van der Waals surface area contributed by atoms with Crippen LogP contribution in [0.1, 0.15) is 37.1 Å². The standard InChI is InChI=1S/C17H25N3O3/c1-12-10-13(2)20(18-12)11-14-4-8-19(9-5-14)15(21)17(6-7-17)16(22)23-3/h10,14H,4-9,11H2,1-3H3. The average Bonchev–Trinajstić information content (AvgIpc) is 3.29. The van der Waals surface area contributed by atoms with E-state index in [9.17, 15) is 9.59 Å². The van der Waals surface area contributed by atoms with Crippen LogP contribution < -0.4 is 0 Å². The summed E-state index contributed by atoms with van der Waals surface area (Å²) in [7, 11) is 1.36. The van der Waals surface area contributed by atoms with Crippen molar-refractivity contribution in [1.82, 2.24) is 14.7 Å². The van der Waals surface area contributed by atoms with E-state index in [1.54, 1.807) is 0 Å². The largest absolute Gasteiger partial charge is 0.468 e. The fourth-order valence-electron chi connectivity index (χ4n) is 3.55. The molecule has 0 radical (unpaired) electrons. The Morgan fingerprint density at radius 2 is 1.96 bits per heavy atom. The minimum absolute atomic E-state index is 0.0334. The van der Waals surface area contributed by atoms with Gasteiger partial charge in [0.25, 0.3) is 0 Å². The van der Waals surface area contributed by atoms with Crippen molar-refractivity contribution in [2.45, 2.75) is 46.1 Å². The van der Waals surface area contributed by atoms with E-state index in [0.29, 0.717) is 18.8 Å². The van der Waals surface area contributed by atoms with Gasteiger partial charge in [-0.3, -0.25) is 14.3 Å². The Hall–Kier alpha value is -1.85. The highest BCUT2D eigenvalue weighted by Gasteiger charge is 2.59. The smallest absolute Gasteiger partial charge is 0.321 e. The molecule has 0 unspecified atom stereocenters. The van der Waals surface area contributed by atoms with E-state index in [0.717, 1.165) is 38.2 Å².